The van der Waals surface area contributed by atoms with E-state index in [1.807, 2.05) is 6.07 Å². The predicted octanol–water partition coefficient (Wildman–Crippen LogP) is 2.17. The first-order valence-electron chi connectivity index (χ1n) is 6.16. The molecule has 0 bridgehead atoms. The highest BCUT2D eigenvalue weighted by Gasteiger charge is 2.16. The summed E-state index contributed by atoms with van der Waals surface area (Å²) in [4.78, 5) is 17.3. The van der Waals surface area contributed by atoms with Gasteiger partial charge in [0.05, 0.1) is 11.2 Å². The van der Waals surface area contributed by atoms with Crippen molar-refractivity contribution in [3.8, 4) is 5.75 Å². The van der Waals surface area contributed by atoms with Gasteiger partial charge in [-0.3, -0.25) is 4.79 Å². The van der Waals surface area contributed by atoms with Gasteiger partial charge in [-0.15, -0.1) is 0 Å². The number of aromatic hydroxyl groups is 1. The fourth-order valence-corrected chi connectivity index (χ4v) is 2.04. The molecule has 20 heavy (non-hydrogen) atoms. The van der Waals surface area contributed by atoms with E-state index in [0.29, 0.717) is 16.6 Å². The van der Waals surface area contributed by atoms with Gasteiger partial charge in [0, 0.05) is 12.4 Å². The number of aromatic nitrogens is 1. The molecule has 0 radical (unpaired) electrons. The number of benzene rings is 1. The molecule has 0 saturated heterocycles. The second-order valence-electron chi connectivity index (χ2n) is 4.37. The smallest absolute Gasteiger partial charge is 0.263 e. The molecule has 1 aromatic heterocycles. The summed E-state index contributed by atoms with van der Waals surface area (Å²) >= 11 is 0. The minimum absolute atomic E-state index is 0.0767. The Kier molecular flexibility index (Phi) is 3.89. The minimum atomic E-state index is -0.315. The van der Waals surface area contributed by atoms with Crippen LogP contribution in [0.25, 0.3) is 10.9 Å². The van der Waals surface area contributed by atoms with E-state index >= 15 is 0 Å². The van der Waals surface area contributed by atoms with E-state index in [4.69, 9.17) is 4.84 Å². The number of aryl methyl sites for hydroxylation is 1. The average molecular weight is 272 g/mol. The number of pyridine rings is 1. The summed E-state index contributed by atoms with van der Waals surface area (Å²) in [5.74, 6) is -0.0767. The summed E-state index contributed by atoms with van der Waals surface area (Å²) < 4.78 is 1.48. The summed E-state index contributed by atoms with van der Waals surface area (Å²) in [6, 6.07) is 7.15. The van der Waals surface area contributed by atoms with Crippen molar-refractivity contribution < 1.29 is 9.94 Å². The number of para-hydroxylation sites is 1. The molecule has 0 saturated carbocycles. The summed E-state index contributed by atoms with van der Waals surface area (Å²) in [7, 11) is 1.66. The van der Waals surface area contributed by atoms with Gasteiger partial charge in [0.25, 0.3) is 5.56 Å². The van der Waals surface area contributed by atoms with Crippen LogP contribution in [-0.2, 0) is 11.9 Å². The number of fused-ring (bicyclic) bond motifs is 1. The first kappa shape index (κ1) is 13.9. The van der Waals surface area contributed by atoms with E-state index in [9.17, 15) is 9.90 Å². The maximum atomic E-state index is 12.3. The van der Waals surface area contributed by atoms with E-state index in [1.54, 1.807) is 38.2 Å². The van der Waals surface area contributed by atoms with Gasteiger partial charge in [0.15, 0.2) is 0 Å². The van der Waals surface area contributed by atoms with Crippen LogP contribution in [0.1, 0.15) is 12.5 Å². The highest BCUT2D eigenvalue weighted by atomic mass is 16.6. The van der Waals surface area contributed by atoms with Crippen LogP contribution in [0, 0.1) is 0 Å². The summed E-state index contributed by atoms with van der Waals surface area (Å²) in [6.07, 6.45) is 1.55. The van der Waals surface area contributed by atoms with E-state index in [1.165, 1.54) is 4.57 Å². The van der Waals surface area contributed by atoms with Crippen LogP contribution in [0.15, 0.2) is 46.9 Å². The molecule has 0 unspecified atom stereocenters. The Bertz CT molecular complexity index is 745. The Labute approximate surface area is 116 Å². The summed E-state index contributed by atoms with van der Waals surface area (Å²) in [5, 5.41) is 14.7. The molecule has 0 aliphatic rings. The third-order valence-corrected chi connectivity index (χ3v) is 3.03. The van der Waals surface area contributed by atoms with Gasteiger partial charge < -0.3 is 14.5 Å². The third-order valence-electron chi connectivity index (χ3n) is 3.03. The molecule has 1 aromatic carbocycles. The molecular weight excluding hydrogens is 256 g/mol. The number of nitrogens with zero attached hydrogens (tertiary/aromatic N) is 2. The number of hydrogen-bond acceptors (Lipinski definition) is 4. The van der Waals surface area contributed by atoms with Crippen molar-refractivity contribution in [2.24, 2.45) is 12.2 Å². The minimum Gasteiger partial charge on any atom is -0.506 e. The Balaban J connectivity index is 2.68. The molecule has 0 fully saturated rings. The second kappa shape index (κ2) is 5.61. The lowest BCUT2D eigenvalue weighted by Gasteiger charge is -2.11. The van der Waals surface area contributed by atoms with Gasteiger partial charge in [-0.25, -0.2) is 0 Å². The summed E-state index contributed by atoms with van der Waals surface area (Å²) in [6.45, 7) is 5.37. The van der Waals surface area contributed by atoms with Crippen LogP contribution >= 0.6 is 0 Å². The van der Waals surface area contributed by atoms with Crippen molar-refractivity contribution >= 4 is 16.6 Å². The van der Waals surface area contributed by atoms with Gasteiger partial charge in [-0.2, -0.15) is 0 Å². The third kappa shape index (κ3) is 2.30. The molecule has 104 valence electrons. The lowest BCUT2D eigenvalue weighted by Crippen LogP contribution is -2.24. The van der Waals surface area contributed by atoms with Crippen LogP contribution in [0.4, 0.5) is 0 Å². The molecule has 2 aromatic rings. The fourth-order valence-electron chi connectivity index (χ4n) is 2.04. The monoisotopic (exact) mass is 272 g/mol. The molecule has 0 amide bonds. The molecule has 5 nitrogen and oxygen atoms in total. The van der Waals surface area contributed by atoms with Gasteiger partial charge >= 0.3 is 0 Å². The Morgan fingerprint density at radius 1 is 1.50 bits per heavy atom. The van der Waals surface area contributed by atoms with Gasteiger partial charge in [0.1, 0.15) is 17.9 Å². The van der Waals surface area contributed by atoms with Crippen LogP contribution in [0.5, 0.6) is 5.75 Å². The van der Waals surface area contributed by atoms with Gasteiger partial charge in [-0.05, 0) is 19.1 Å². The van der Waals surface area contributed by atoms with Gasteiger partial charge in [0.2, 0.25) is 0 Å². The zero-order valence-electron chi connectivity index (χ0n) is 11.5. The molecule has 1 heterocycles. The molecule has 0 spiro atoms. The fraction of sp³-hybridized carbons (Fsp3) is 0.200. The SMILES string of the molecule is C=CCO/N=C(\C)c1c(O)c2ccccc2n(C)c1=O. The van der Waals surface area contributed by atoms with Crippen molar-refractivity contribution in [3.63, 3.8) is 0 Å². The zero-order valence-corrected chi connectivity index (χ0v) is 11.5. The van der Waals surface area contributed by atoms with Crippen molar-refractivity contribution in [3.05, 3.63) is 52.8 Å². The first-order valence-corrected chi connectivity index (χ1v) is 6.16. The largest absolute Gasteiger partial charge is 0.506 e. The lowest BCUT2D eigenvalue weighted by molar-refractivity contribution is 0.175. The van der Waals surface area contributed by atoms with Crippen LogP contribution in [-0.4, -0.2) is 22.0 Å². The molecule has 1 N–H and O–H groups in total. The van der Waals surface area contributed by atoms with E-state index < -0.39 is 0 Å². The maximum absolute atomic E-state index is 12.3. The normalized spacial score (nSPS) is 11.6. The number of oxime groups is 1. The second-order valence-corrected chi connectivity index (χ2v) is 4.37. The highest BCUT2D eigenvalue weighted by Crippen LogP contribution is 2.26. The van der Waals surface area contributed by atoms with Crippen molar-refractivity contribution in [1.82, 2.24) is 4.57 Å². The van der Waals surface area contributed by atoms with Crippen LogP contribution in [0.3, 0.4) is 0 Å². The van der Waals surface area contributed by atoms with Crippen LogP contribution in [0.2, 0.25) is 0 Å². The molecular formula is C15H16N2O3. The van der Waals surface area contributed by atoms with Crippen molar-refractivity contribution in [2.75, 3.05) is 6.61 Å². The van der Waals surface area contributed by atoms with E-state index in [0.717, 1.165) is 0 Å². The zero-order chi connectivity index (χ0) is 14.7. The highest BCUT2D eigenvalue weighted by molar-refractivity contribution is 6.04. The standard InChI is InChI=1S/C15H16N2O3/c1-4-9-20-16-10(2)13-14(18)11-7-5-6-8-12(11)17(3)15(13)19/h4-8,18H,1,9H2,2-3H3/b16-10+. The van der Waals surface area contributed by atoms with Crippen molar-refractivity contribution in [1.29, 1.82) is 0 Å². The van der Waals surface area contributed by atoms with Gasteiger partial charge in [-0.1, -0.05) is 29.9 Å². The topological polar surface area (TPSA) is 63.8 Å². The Morgan fingerprint density at radius 3 is 2.90 bits per heavy atom. The number of hydrogen-bond donors (Lipinski definition) is 1. The predicted molar refractivity (Wildman–Crippen MR) is 79.2 cm³/mol. The molecule has 0 atom stereocenters. The van der Waals surface area contributed by atoms with Crippen LogP contribution < -0.4 is 5.56 Å². The Morgan fingerprint density at radius 2 is 2.20 bits per heavy atom. The summed E-state index contributed by atoms with van der Waals surface area (Å²) in [5.41, 5.74) is 0.828. The maximum Gasteiger partial charge on any atom is 0.263 e. The number of rotatable bonds is 4. The first-order chi connectivity index (χ1) is 9.57. The molecule has 0 aliphatic carbocycles. The van der Waals surface area contributed by atoms with E-state index in [2.05, 4.69) is 11.7 Å². The quantitative estimate of drug-likeness (QED) is 0.401. The van der Waals surface area contributed by atoms with E-state index in [-0.39, 0.29) is 23.5 Å². The molecule has 0 aliphatic heterocycles. The average Bonchev–Trinajstić information content (AvgIpc) is 2.45. The molecule has 2 rings (SSSR count). The lowest BCUT2D eigenvalue weighted by atomic mass is 10.1. The van der Waals surface area contributed by atoms with Crippen molar-refractivity contribution in [2.45, 2.75) is 6.92 Å². The molecule has 5 heteroatoms. The Hall–Kier alpha value is -2.56.